The topological polar surface area (TPSA) is 0 Å². The molecule has 0 aromatic rings. The van der Waals surface area contributed by atoms with Gasteiger partial charge in [-0.2, -0.15) is 0 Å². The van der Waals surface area contributed by atoms with E-state index in [0.29, 0.717) is 0 Å². The van der Waals surface area contributed by atoms with Gasteiger partial charge in [0.15, 0.2) is 0 Å². The monoisotopic (exact) mass is 329 g/mol. The predicted molar refractivity (Wildman–Crippen MR) is 83.7 cm³/mol. The Morgan fingerprint density at radius 2 is 1.16 bits per heavy atom. The summed E-state index contributed by atoms with van der Waals surface area (Å²) in [4.78, 5) is 0. The first-order valence-corrected chi connectivity index (χ1v) is 7.42. The molecular weight excluding hydrogens is 298 g/mol. The lowest BCUT2D eigenvalue weighted by atomic mass is 10.1. The summed E-state index contributed by atoms with van der Waals surface area (Å²) in [6.07, 6.45) is 14.2. The van der Waals surface area contributed by atoms with Crippen molar-refractivity contribution in [1.29, 1.82) is 0 Å². The molecule has 0 unspecified atom stereocenters. The third-order valence-electron chi connectivity index (χ3n) is 3.54. The second kappa shape index (κ2) is 14.1. The Kier molecular flexibility index (Phi) is 15.5. The highest BCUT2D eigenvalue weighted by molar-refractivity contribution is 4.76. The largest absolute Gasteiger partial charge is 1.00 e. The molecule has 0 saturated carbocycles. The van der Waals surface area contributed by atoms with Gasteiger partial charge in [-0.1, -0.05) is 52.3 Å². The molecule has 2 heteroatoms. The van der Waals surface area contributed by atoms with Crippen LogP contribution in [0.1, 0.15) is 45.4 Å². The van der Waals surface area contributed by atoms with Crippen LogP contribution in [0.5, 0.6) is 0 Å². The molecule has 0 bridgehead atoms. The summed E-state index contributed by atoms with van der Waals surface area (Å²) in [6.45, 7) is 18.2. The van der Waals surface area contributed by atoms with Gasteiger partial charge in [0.25, 0.3) is 0 Å². The number of quaternary nitrogens is 1. The quantitative estimate of drug-likeness (QED) is 0.274. The van der Waals surface area contributed by atoms with Crippen molar-refractivity contribution < 1.29 is 21.5 Å². The minimum Gasteiger partial charge on any atom is -1.00 e. The molecule has 0 aliphatic rings. The highest BCUT2D eigenvalue weighted by atomic mass is 79.9. The Morgan fingerprint density at radius 1 is 0.737 bits per heavy atom. The van der Waals surface area contributed by atoms with E-state index < -0.39 is 0 Å². The summed E-state index contributed by atoms with van der Waals surface area (Å²) in [5.41, 5.74) is 0. The van der Waals surface area contributed by atoms with E-state index in [2.05, 4.69) is 26.7 Å². The number of rotatable bonds is 13. The molecule has 0 radical (unpaired) electrons. The predicted octanol–water partition coefficient (Wildman–Crippen LogP) is 1.73. The molecule has 0 aliphatic carbocycles. The normalized spacial score (nSPS) is 10.6. The third kappa shape index (κ3) is 10.1. The summed E-state index contributed by atoms with van der Waals surface area (Å²) >= 11 is 0. The molecule has 0 saturated heterocycles. The summed E-state index contributed by atoms with van der Waals surface area (Å²) in [5, 5.41) is 0. The van der Waals surface area contributed by atoms with Crippen molar-refractivity contribution in [3.8, 4) is 0 Å². The van der Waals surface area contributed by atoms with E-state index in [-0.39, 0.29) is 17.0 Å². The lowest BCUT2D eigenvalue weighted by molar-refractivity contribution is -0.912. The molecule has 0 fully saturated rings. The van der Waals surface area contributed by atoms with Crippen molar-refractivity contribution in [3.05, 3.63) is 38.0 Å². The van der Waals surface area contributed by atoms with Gasteiger partial charge in [0.05, 0.1) is 26.2 Å². The van der Waals surface area contributed by atoms with Crippen LogP contribution >= 0.6 is 0 Å². The number of unbranched alkanes of at least 4 members (excludes halogenated alkanes) is 5. The Bertz CT molecular complexity index is 209. The van der Waals surface area contributed by atoms with Gasteiger partial charge in [-0.25, -0.2) is 0 Å². The number of hydrogen-bond acceptors (Lipinski definition) is 0. The fraction of sp³-hybridized carbons (Fsp3) is 0.647. The van der Waals surface area contributed by atoms with E-state index in [9.17, 15) is 0 Å². The summed E-state index contributed by atoms with van der Waals surface area (Å²) in [5.74, 6) is 0. The van der Waals surface area contributed by atoms with Gasteiger partial charge in [-0.05, 0) is 31.1 Å². The van der Waals surface area contributed by atoms with Gasteiger partial charge in [0.1, 0.15) is 0 Å². The standard InChI is InChI=1S/C17H32N.BrH/c1-5-9-10-11-12-13-17-18(14-6-2,15-7-3)16-8-4;/h6-8H,2-5,9-17H2,1H3;1H/q+1;/p-1. The molecule has 0 N–H and O–H groups in total. The number of nitrogens with zero attached hydrogens (tertiary/aromatic N) is 1. The van der Waals surface area contributed by atoms with Gasteiger partial charge in [-0.3, -0.25) is 0 Å². The van der Waals surface area contributed by atoms with E-state index in [4.69, 9.17) is 0 Å². The molecule has 0 aromatic heterocycles. The third-order valence-corrected chi connectivity index (χ3v) is 3.54. The molecule has 0 amide bonds. The van der Waals surface area contributed by atoms with E-state index in [1.165, 1.54) is 45.1 Å². The van der Waals surface area contributed by atoms with Crippen LogP contribution in [-0.2, 0) is 0 Å². The molecule has 0 rings (SSSR count). The van der Waals surface area contributed by atoms with Crippen molar-refractivity contribution in [2.45, 2.75) is 45.4 Å². The maximum atomic E-state index is 3.89. The van der Waals surface area contributed by atoms with Crippen LogP contribution in [0, 0.1) is 0 Å². The van der Waals surface area contributed by atoms with Gasteiger partial charge in [0, 0.05) is 0 Å². The Labute approximate surface area is 131 Å². The summed E-state index contributed by atoms with van der Waals surface area (Å²) in [7, 11) is 0. The van der Waals surface area contributed by atoms with Crippen LogP contribution in [0.2, 0.25) is 0 Å². The van der Waals surface area contributed by atoms with E-state index in [1.54, 1.807) is 0 Å². The average molecular weight is 330 g/mol. The van der Waals surface area contributed by atoms with Crippen LogP contribution in [0.3, 0.4) is 0 Å². The van der Waals surface area contributed by atoms with E-state index in [1.807, 2.05) is 18.2 Å². The van der Waals surface area contributed by atoms with Gasteiger partial charge >= 0.3 is 0 Å². The fourth-order valence-electron chi connectivity index (χ4n) is 2.55. The maximum absolute atomic E-state index is 3.89. The van der Waals surface area contributed by atoms with Crippen molar-refractivity contribution in [3.63, 3.8) is 0 Å². The summed E-state index contributed by atoms with van der Waals surface area (Å²) in [6, 6.07) is 0. The molecular formula is C17H32BrN. The smallest absolute Gasteiger partial charge is 0.0975 e. The SMILES string of the molecule is C=CC[N+](CC=C)(CC=C)CCCCCCCC.[Br-]. The fourth-order valence-corrected chi connectivity index (χ4v) is 2.55. The first-order valence-electron chi connectivity index (χ1n) is 7.42. The van der Waals surface area contributed by atoms with Gasteiger partial charge in [0.2, 0.25) is 0 Å². The van der Waals surface area contributed by atoms with Crippen LogP contribution in [0.4, 0.5) is 0 Å². The number of halogens is 1. The Balaban J connectivity index is 0. The van der Waals surface area contributed by atoms with Gasteiger partial charge < -0.3 is 21.5 Å². The minimum absolute atomic E-state index is 0. The molecule has 19 heavy (non-hydrogen) atoms. The molecule has 0 atom stereocenters. The second-order valence-corrected chi connectivity index (χ2v) is 5.25. The maximum Gasteiger partial charge on any atom is 0.0975 e. The molecule has 112 valence electrons. The first-order chi connectivity index (χ1) is 8.74. The van der Waals surface area contributed by atoms with Crippen LogP contribution < -0.4 is 17.0 Å². The molecule has 0 spiro atoms. The highest BCUT2D eigenvalue weighted by Gasteiger charge is 2.21. The Hall–Kier alpha value is -0.340. The number of hydrogen-bond donors (Lipinski definition) is 0. The van der Waals surface area contributed by atoms with E-state index >= 15 is 0 Å². The van der Waals surface area contributed by atoms with Crippen LogP contribution in [-0.4, -0.2) is 30.7 Å². The Morgan fingerprint density at radius 3 is 1.58 bits per heavy atom. The van der Waals surface area contributed by atoms with Crippen molar-refractivity contribution in [1.82, 2.24) is 0 Å². The highest BCUT2D eigenvalue weighted by Crippen LogP contribution is 2.13. The average Bonchev–Trinajstić information content (AvgIpc) is 2.35. The second-order valence-electron chi connectivity index (χ2n) is 5.25. The lowest BCUT2D eigenvalue weighted by Gasteiger charge is -2.36. The van der Waals surface area contributed by atoms with Crippen molar-refractivity contribution >= 4 is 0 Å². The lowest BCUT2D eigenvalue weighted by Crippen LogP contribution is -3.00. The van der Waals surface area contributed by atoms with Crippen molar-refractivity contribution in [2.24, 2.45) is 0 Å². The van der Waals surface area contributed by atoms with E-state index in [0.717, 1.165) is 24.1 Å². The van der Waals surface area contributed by atoms with Crippen molar-refractivity contribution in [2.75, 3.05) is 26.2 Å². The molecule has 0 aromatic carbocycles. The van der Waals surface area contributed by atoms with Crippen LogP contribution in [0.25, 0.3) is 0 Å². The first kappa shape index (κ1) is 21.0. The summed E-state index contributed by atoms with van der Waals surface area (Å²) < 4.78 is 1.05. The minimum atomic E-state index is 0. The molecule has 0 heterocycles. The zero-order valence-electron chi connectivity index (χ0n) is 12.7. The molecule has 0 aliphatic heterocycles. The van der Waals surface area contributed by atoms with Crippen LogP contribution in [0.15, 0.2) is 38.0 Å². The zero-order chi connectivity index (χ0) is 13.7. The molecule has 1 nitrogen and oxygen atoms in total. The zero-order valence-corrected chi connectivity index (χ0v) is 14.3. The van der Waals surface area contributed by atoms with Gasteiger partial charge in [-0.15, -0.1) is 0 Å².